The molecule has 0 heterocycles. The third-order valence-corrected chi connectivity index (χ3v) is 3.76. The van der Waals surface area contributed by atoms with Gasteiger partial charge in [-0.05, 0) is 36.3 Å². The molecule has 0 saturated heterocycles. The average molecular weight is 234 g/mol. The molecule has 0 spiro atoms. The highest BCUT2D eigenvalue weighted by Gasteiger charge is 2.30. The summed E-state index contributed by atoms with van der Waals surface area (Å²) < 4.78 is 5.39. The Morgan fingerprint density at radius 1 is 1.53 bits per heavy atom. The maximum atomic E-state index is 10.8. The van der Waals surface area contributed by atoms with Gasteiger partial charge in [0.2, 0.25) is 0 Å². The number of aliphatic carboxylic acids is 1. The van der Waals surface area contributed by atoms with E-state index in [0.29, 0.717) is 0 Å². The van der Waals surface area contributed by atoms with Gasteiger partial charge in [-0.1, -0.05) is 19.1 Å². The Morgan fingerprint density at radius 2 is 2.29 bits per heavy atom. The second-order valence-corrected chi connectivity index (χ2v) is 4.72. The highest BCUT2D eigenvalue weighted by molar-refractivity contribution is 5.67. The zero-order valence-electron chi connectivity index (χ0n) is 10.3. The maximum absolute atomic E-state index is 10.8. The van der Waals surface area contributed by atoms with Gasteiger partial charge >= 0.3 is 5.97 Å². The van der Waals surface area contributed by atoms with Crippen molar-refractivity contribution in [1.29, 1.82) is 0 Å². The highest BCUT2D eigenvalue weighted by Crippen LogP contribution is 2.42. The van der Waals surface area contributed by atoms with Crippen LogP contribution in [0.5, 0.6) is 5.75 Å². The van der Waals surface area contributed by atoms with E-state index in [9.17, 15) is 4.79 Å². The number of aryl methyl sites for hydroxylation is 1. The fourth-order valence-corrected chi connectivity index (χ4v) is 2.83. The van der Waals surface area contributed by atoms with E-state index in [4.69, 9.17) is 9.84 Å². The molecule has 2 atom stereocenters. The maximum Gasteiger partial charge on any atom is 0.303 e. The number of carbonyl (C=O) groups is 1. The first kappa shape index (κ1) is 12.0. The van der Waals surface area contributed by atoms with Crippen LogP contribution in [-0.4, -0.2) is 18.2 Å². The van der Waals surface area contributed by atoms with Crippen molar-refractivity contribution in [1.82, 2.24) is 0 Å². The van der Waals surface area contributed by atoms with E-state index in [0.717, 1.165) is 18.6 Å². The van der Waals surface area contributed by atoms with Crippen molar-refractivity contribution in [3.63, 3.8) is 0 Å². The highest BCUT2D eigenvalue weighted by atomic mass is 16.5. The lowest BCUT2D eigenvalue weighted by Crippen LogP contribution is -2.22. The van der Waals surface area contributed by atoms with E-state index >= 15 is 0 Å². The molecule has 17 heavy (non-hydrogen) atoms. The van der Waals surface area contributed by atoms with Crippen LogP contribution in [0.1, 0.15) is 36.8 Å². The zero-order valence-corrected chi connectivity index (χ0v) is 10.3. The van der Waals surface area contributed by atoms with E-state index in [1.54, 1.807) is 7.11 Å². The molecule has 92 valence electrons. The minimum atomic E-state index is -0.708. The number of benzene rings is 1. The van der Waals surface area contributed by atoms with Crippen LogP contribution in [0.3, 0.4) is 0 Å². The first-order valence-electron chi connectivity index (χ1n) is 6.01. The van der Waals surface area contributed by atoms with Crippen LogP contribution in [0.4, 0.5) is 0 Å². The molecule has 2 rings (SSSR count). The molecular formula is C14H18O3. The van der Waals surface area contributed by atoms with Crippen molar-refractivity contribution in [2.24, 2.45) is 5.92 Å². The summed E-state index contributed by atoms with van der Waals surface area (Å²) in [4.78, 5) is 10.8. The molecule has 0 radical (unpaired) electrons. The number of rotatable bonds is 3. The third kappa shape index (κ3) is 2.28. The van der Waals surface area contributed by atoms with E-state index in [1.165, 1.54) is 11.1 Å². The Bertz CT molecular complexity index is 411. The summed E-state index contributed by atoms with van der Waals surface area (Å²) in [5, 5.41) is 8.93. The van der Waals surface area contributed by atoms with E-state index < -0.39 is 5.97 Å². The van der Waals surface area contributed by atoms with Crippen molar-refractivity contribution < 1.29 is 14.6 Å². The van der Waals surface area contributed by atoms with Gasteiger partial charge in [-0.15, -0.1) is 0 Å². The van der Waals surface area contributed by atoms with Gasteiger partial charge in [-0.3, -0.25) is 4.79 Å². The topological polar surface area (TPSA) is 46.5 Å². The molecular weight excluding hydrogens is 216 g/mol. The quantitative estimate of drug-likeness (QED) is 0.874. The Balaban J connectivity index is 2.33. The molecule has 2 unspecified atom stereocenters. The Kier molecular flexibility index (Phi) is 3.36. The predicted octanol–water partition coefficient (Wildman–Crippen LogP) is 2.84. The fourth-order valence-electron chi connectivity index (χ4n) is 2.83. The minimum absolute atomic E-state index is 0.219. The van der Waals surface area contributed by atoms with Gasteiger partial charge < -0.3 is 9.84 Å². The Morgan fingerprint density at radius 3 is 2.94 bits per heavy atom. The van der Waals surface area contributed by atoms with E-state index in [2.05, 4.69) is 13.0 Å². The summed E-state index contributed by atoms with van der Waals surface area (Å²) in [6.45, 7) is 2.11. The molecule has 3 nitrogen and oxygen atoms in total. The van der Waals surface area contributed by atoms with Crippen LogP contribution in [-0.2, 0) is 11.2 Å². The monoisotopic (exact) mass is 234 g/mol. The van der Waals surface area contributed by atoms with Crippen molar-refractivity contribution in [2.45, 2.75) is 32.1 Å². The molecule has 0 fully saturated rings. The Hall–Kier alpha value is -1.51. The number of methoxy groups -OCH3 is 1. The lowest BCUT2D eigenvalue weighted by Gasteiger charge is -2.31. The molecule has 0 saturated carbocycles. The lowest BCUT2D eigenvalue weighted by atomic mass is 9.74. The number of carboxylic acids is 1. The number of hydrogen-bond acceptors (Lipinski definition) is 2. The summed E-state index contributed by atoms with van der Waals surface area (Å²) in [6, 6.07) is 6.08. The molecule has 1 aliphatic carbocycles. The molecule has 0 aromatic heterocycles. The molecule has 1 aromatic carbocycles. The SMILES string of the molecule is COc1cccc2c1C(C)C(CC(=O)O)CC2. The summed E-state index contributed by atoms with van der Waals surface area (Å²) in [5.41, 5.74) is 2.51. The summed E-state index contributed by atoms with van der Waals surface area (Å²) in [5.74, 6) is 0.660. The number of hydrogen-bond donors (Lipinski definition) is 1. The van der Waals surface area contributed by atoms with E-state index in [1.807, 2.05) is 12.1 Å². The summed E-state index contributed by atoms with van der Waals surface area (Å²) >= 11 is 0. The minimum Gasteiger partial charge on any atom is -0.496 e. The first-order chi connectivity index (χ1) is 8.13. The molecule has 0 amide bonds. The van der Waals surface area contributed by atoms with Crippen molar-refractivity contribution in [3.8, 4) is 5.75 Å². The zero-order chi connectivity index (χ0) is 12.4. The first-order valence-corrected chi connectivity index (χ1v) is 6.01. The molecule has 3 heteroatoms. The second-order valence-electron chi connectivity index (χ2n) is 4.72. The van der Waals surface area contributed by atoms with Gasteiger partial charge in [0.1, 0.15) is 5.75 Å². The normalized spacial score (nSPS) is 22.9. The van der Waals surface area contributed by atoms with Crippen LogP contribution < -0.4 is 4.74 Å². The number of fused-ring (bicyclic) bond motifs is 1. The van der Waals surface area contributed by atoms with Gasteiger partial charge in [-0.25, -0.2) is 0 Å². The molecule has 1 aromatic rings. The van der Waals surface area contributed by atoms with Crippen molar-refractivity contribution in [3.05, 3.63) is 29.3 Å². The van der Waals surface area contributed by atoms with Crippen molar-refractivity contribution in [2.75, 3.05) is 7.11 Å². The van der Waals surface area contributed by atoms with Gasteiger partial charge in [0.15, 0.2) is 0 Å². The summed E-state index contributed by atoms with van der Waals surface area (Å²) in [6.07, 6.45) is 2.15. The van der Waals surface area contributed by atoms with Crippen LogP contribution in [0.25, 0.3) is 0 Å². The van der Waals surface area contributed by atoms with Crippen molar-refractivity contribution >= 4 is 5.97 Å². The average Bonchev–Trinajstić information content (AvgIpc) is 2.31. The molecule has 0 aliphatic heterocycles. The second kappa shape index (κ2) is 4.78. The smallest absolute Gasteiger partial charge is 0.303 e. The van der Waals surface area contributed by atoms with Gasteiger partial charge in [0, 0.05) is 12.0 Å². The fraction of sp³-hybridized carbons (Fsp3) is 0.500. The van der Waals surface area contributed by atoms with Gasteiger partial charge in [0.25, 0.3) is 0 Å². The van der Waals surface area contributed by atoms with Crippen LogP contribution in [0.15, 0.2) is 18.2 Å². The standard InChI is InChI=1S/C14H18O3/c1-9-11(8-13(15)16)7-6-10-4-3-5-12(17-2)14(9)10/h3-5,9,11H,6-8H2,1-2H3,(H,15,16). The molecule has 0 bridgehead atoms. The third-order valence-electron chi connectivity index (χ3n) is 3.76. The van der Waals surface area contributed by atoms with E-state index in [-0.39, 0.29) is 18.3 Å². The van der Waals surface area contributed by atoms with Gasteiger partial charge in [-0.2, -0.15) is 0 Å². The molecule has 1 aliphatic rings. The van der Waals surface area contributed by atoms with Crippen LogP contribution in [0.2, 0.25) is 0 Å². The largest absolute Gasteiger partial charge is 0.496 e. The Labute approximate surface area is 101 Å². The predicted molar refractivity (Wildman–Crippen MR) is 65.5 cm³/mol. The van der Waals surface area contributed by atoms with Crippen LogP contribution >= 0.6 is 0 Å². The molecule has 1 N–H and O–H groups in total. The lowest BCUT2D eigenvalue weighted by molar-refractivity contribution is -0.138. The van der Waals surface area contributed by atoms with Crippen LogP contribution in [0, 0.1) is 5.92 Å². The number of carboxylic acid groups (broad SMARTS) is 1. The number of ether oxygens (including phenoxy) is 1. The summed E-state index contributed by atoms with van der Waals surface area (Å²) in [7, 11) is 1.67. The van der Waals surface area contributed by atoms with Gasteiger partial charge in [0.05, 0.1) is 7.11 Å².